The van der Waals surface area contributed by atoms with Crippen molar-refractivity contribution in [3.8, 4) is 16.6 Å². The highest BCUT2D eigenvalue weighted by Gasteiger charge is 2.06. The molecule has 0 amide bonds. The summed E-state index contributed by atoms with van der Waals surface area (Å²) in [5, 5.41) is 12.3. The molecule has 0 saturated heterocycles. The summed E-state index contributed by atoms with van der Waals surface area (Å²) in [6.45, 7) is 0. The average molecular weight is 191 g/mol. The molecule has 0 saturated carbocycles. The van der Waals surface area contributed by atoms with Crippen LogP contribution in [0.4, 0.5) is 5.88 Å². The second-order valence-electron chi connectivity index (χ2n) is 2.39. The van der Waals surface area contributed by atoms with Crippen molar-refractivity contribution in [2.24, 2.45) is 0 Å². The number of thiophene rings is 1. The Morgan fingerprint density at radius 2 is 2.38 bits per heavy atom. The standard InChI is InChI=1S/C8H5N3OS/c9-4-5-1-2-7(13-5)6-3-8(10)12-11-6/h1-3H,10H2. The van der Waals surface area contributed by atoms with Gasteiger partial charge in [-0.2, -0.15) is 5.26 Å². The number of nitrogens with zero attached hydrogens (tertiary/aromatic N) is 2. The summed E-state index contributed by atoms with van der Waals surface area (Å²) in [5.41, 5.74) is 6.04. The summed E-state index contributed by atoms with van der Waals surface area (Å²) in [6.07, 6.45) is 0. The van der Waals surface area contributed by atoms with Crippen LogP contribution in [0.1, 0.15) is 4.88 Å². The van der Waals surface area contributed by atoms with Gasteiger partial charge in [0.15, 0.2) is 0 Å². The molecule has 0 aromatic carbocycles. The van der Waals surface area contributed by atoms with Crippen LogP contribution in [0, 0.1) is 11.3 Å². The van der Waals surface area contributed by atoms with Crippen LogP contribution >= 0.6 is 11.3 Å². The van der Waals surface area contributed by atoms with Crippen LogP contribution in [0.5, 0.6) is 0 Å². The van der Waals surface area contributed by atoms with Crippen molar-refractivity contribution in [3.05, 3.63) is 23.1 Å². The first kappa shape index (κ1) is 7.83. The molecular formula is C8H5N3OS. The summed E-state index contributed by atoms with van der Waals surface area (Å²) in [5.74, 6) is 0.280. The molecule has 2 aromatic rings. The van der Waals surface area contributed by atoms with Gasteiger partial charge in [0.05, 0.1) is 4.88 Å². The topological polar surface area (TPSA) is 75.8 Å². The molecule has 2 aromatic heterocycles. The number of nitrogen functional groups attached to an aromatic ring is 1. The van der Waals surface area contributed by atoms with E-state index in [1.54, 1.807) is 12.1 Å². The Morgan fingerprint density at radius 3 is 2.92 bits per heavy atom. The summed E-state index contributed by atoms with van der Waals surface area (Å²) >= 11 is 1.36. The van der Waals surface area contributed by atoms with Gasteiger partial charge in [-0.15, -0.1) is 11.3 Å². The molecule has 0 fully saturated rings. The molecule has 5 heteroatoms. The highest BCUT2D eigenvalue weighted by atomic mass is 32.1. The van der Waals surface area contributed by atoms with Gasteiger partial charge in [-0.3, -0.25) is 0 Å². The lowest BCUT2D eigenvalue weighted by molar-refractivity contribution is 0.439. The lowest BCUT2D eigenvalue weighted by atomic mass is 10.3. The predicted octanol–water partition coefficient (Wildman–Crippen LogP) is 1.86. The van der Waals surface area contributed by atoms with Crippen molar-refractivity contribution in [2.75, 3.05) is 5.73 Å². The van der Waals surface area contributed by atoms with E-state index in [0.29, 0.717) is 10.6 Å². The minimum absolute atomic E-state index is 0.280. The quantitative estimate of drug-likeness (QED) is 0.746. The number of aromatic nitrogens is 1. The third kappa shape index (κ3) is 1.39. The zero-order valence-corrected chi connectivity index (χ0v) is 7.34. The van der Waals surface area contributed by atoms with Crippen molar-refractivity contribution in [2.45, 2.75) is 0 Å². The fourth-order valence-corrected chi connectivity index (χ4v) is 1.70. The maximum absolute atomic E-state index is 8.59. The van der Waals surface area contributed by atoms with Gasteiger partial charge in [0, 0.05) is 6.07 Å². The Labute approximate surface area is 78.2 Å². The zero-order chi connectivity index (χ0) is 9.26. The molecule has 0 spiro atoms. The smallest absolute Gasteiger partial charge is 0.222 e. The summed E-state index contributed by atoms with van der Waals surface area (Å²) < 4.78 is 4.71. The number of nitriles is 1. The van der Waals surface area contributed by atoms with Crippen LogP contribution in [-0.2, 0) is 0 Å². The molecule has 2 rings (SSSR count). The van der Waals surface area contributed by atoms with E-state index in [4.69, 9.17) is 15.5 Å². The Morgan fingerprint density at radius 1 is 1.54 bits per heavy atom. The van der Waals surface area contributed by atoms with Gasteiger partial charge in [-0.1, -0.05) is 5.16 Å². The molecule has 64 valence electrons. The summed E-state index contributed by atoms with van der Waals surface area (Å²) in [6, 6.07) is 7.25. The highest BCUT2D eigenvalue weighted by Crippen LogP contribution is 2.27. The van der Waals surface area contributed by atoms with E-state index >= 15 is 0 Å². The van der Waals surface area contributed by atoms with E-state index < -0.39 is 0 Å². The molecule has 0 atom stereocenters. The van der Waals surface area contributed by atoms with Gasteiger partial charge in [0.1, 0.15) is 16.6 Å². The maximum Gasteiger partial charge on any atom is 0.222 e. The van der Waals surface area contributed by atoms with Crippen LogP contribution in [0.15, 0.2) is 22.7 Å². The fraction of sp³-hybridized carbons (Fsp3) is 0. The van der Waals surface area contributed by atoms with E-state index in [0.717, 1.165) is 4.88 Å². The van der Waals surface area contributed by atoms with Crippen molar-refractivity contribution < 1.29 is 4.52 Å². The van der Waals surface area contributed by atoms with Gasteiger partial charge in [-0.05, 0) is 12.1 Å². The van der Waals surface area contributed by atoms with Crippen molar-refractivity contribution in [3.63, 3.8) is 0 Å². The molecule has 0 radical (unpaired) electrons. The fourth-order valence-electron chi connectivity index (χ4n) is 0.941. The molecule has 0 aliphatic rings. The lowest BCUT2D eigenvalue weighted by Gasteiger charge is -1.82. The van der Waals surface area contributed by atoms with Gasteiger partial charge in [0.25, 0.3) is 0 Å². The number of rotatable bonds is 1. The molecule has 0 unspecified atom stereocenters. The Bertz CT molecular complexity index is 466. The van der Waals surface area contributed by atoms with E-state index in [2.05, 4.69) is 11.2 Å². The van der Waals surface area contributed by atoms with Crippen LogP contribution in [-0.4, -0.2) is 5.16 Å². The van der Waals surface area contributed by atoms with Gasteiger partial charge >= 0.3 is 0 Å². The molecule has 13 heavy (non-hydrogen) atoms. The van der Waals surface area contributed by atoms with Gasteiger partial charge < -0.3 is 10.3 Å². The lowest BCUT2D eigenvalue weighted by Crippen LogP contribution is -1.75. The van der Waals surface area contributed by atoms with Crippen LogP contribution in [0.3, 0.4) is 0 Å². The van der Waals surface area contributed by atoms with E-state index in [9.17, 15) is 0 Å². The Balaban J connectivity index is 2.42. The van der Waals surface area contributed by atoms with Crippen LogP contribution < -0.4 is 5.73 Å². The Hall–Kier alpha value is -1.80. The van der Waals surface area contributed by atoms with E-state index in [1.165, 1.54) is 11.3 Å². The third-order valence-electron chi connectivity index (χ3n) is 1.50. The number of anilines is 1. The van der Waals surface area contributed by atoms with Crippen molar-refractivity contribution in [1.82, 2.24) is 5.16 Å². The SMILES string of the molecule is N#Cc1ccc(-c2cc(N)on2)s1. The second kappa shape index (κ2) is 2.92. The Kier molecular flexibility index (Phi) is 1.76. The minimum Gasteiger partial charge on any atom is -0.368 e. The maximum atomic E-state index is 8.59. The molecular weight excluding hydrogens is 186 g/mol. The van der Waals surface area contributed by atoms with Crippen molar-refractivity contribution >= 4 is 17.2 Å². The average Bonchev–Trinajstić information content (AvgIpc) is 2.71. The van der Waals surface area contributed by atoms with E-state index in [1.807, 2.05) is 6.07 Å². The van der Waals surface area contributed by atoms with Crippen LogP contribution in [0.25, 0.3) is 10.6 Å². The molecule has 0 aliphatic heterocycles. The molecule has 2 N–H and O–H groups in total. The molecule has 2 heterocycles. The predicted molar refractivity (Wildman–Crippen MR) is 48.9 cm³/mol. The van der Waals surface area contributed by atoms with Gasteiger partial charge in [-0.25, -0.2) is 0 Å². The van der Waals surface area contributed by atoms with Crippen molar-refractivity contribution in [1.29, 1.82) is 5.26 Å². The largest absolute Gasteiger partial charge is 0.368 e. The first-order valence-electron chi connectivity index (χ1n) is 3.52. The number of hydrogen-bond donors (Lipinski definition) is 1. The number of hydrogen-bond acceptors (Lipinski definition) is 5. The summed E-state index contributed by atoms with van der Waals surface area (Å²) in [7, 11) is 0. The molecule has 4 nitrogen and oxygen atoms in total. The third-order valence-corrected chi connectivity index (χ3v) is 2.51. The summed E-state index contributed by atoms with van der Waals surface area (Å²) in [4.78, 5) is 1.54. The zero-order valence-electron chi connectivity index (χ0n) is 6.52. The van der Waals surface area contributed by atoms with Gasteiger partial charge in [0.2, 0.25) is 5.88 Å². The first-order chi connectivity index (χ1) is 6.29. The first-order valence-corrected chi connectivity index (χ1v) is 4.34. The molecule has 0 bridgehead atoms. The highest BCUT2D eigenvalue weighted by molar-refractivity contribution is 7.15. The minimum atomic E-state index is 0.280. The normalized spacial score (nSPS) is 9.77. The van der Waals surface area contributed by atoms with Crippen LogP contribution in [0.2, 0.25) is 0 Å². The molecule has 0 aliphatic carbocycles. The monoisotopic (exact) mass is 191 g/mol. The second-order valence-corrected chi connectivity index (χ2v) is 3.47. The van der Waals surface area contributed by atoms with E-state index in [-0.39, 0.29) is 5.88 Å². The number of nitrogens with two attached hydrogens (primary N) is 1.